The number of benzene rings is 2. The highest BCUT2D eigenvalue weighted by Gasteiger charge is 2.56. The maximum absolute atomic E-state index is 13.7. The van der Waals surface area contributed by atoms with E-state index in [0.29, 0.717) is 17.7 Å². The summed E-state index contributed by atoms with van der Waals surface area (Å²) in [6.07, 6.45) is -1.16. The van der Waals surface area contributed by atoms with E-state index in [9.17, 15) is 23.1 Å². The molecule has 11 nitrogen and oxygen atoms in total. The second-order valence-corrected chi connectivity index (χ2v) is 13.9. The Balaban J connectivity index is 1.27. The van der Waals surface area contributed by atoms with Gasteiger partial charge in [0.25, 0.3) is 15.6 Å². The fourth-order valence-corrected chi connectivity index (χ4v) is 8.13. The fraction of sp³-hybridized carbons (Fsp3) is 0.419. The molecule has 3 aromatic rings. The van der Waals surface area contributed by atoms with Crippen molar-refractivity contribution in [1.29, 1.82) is 0 Å². The van der Waals surface area contributed by atoms with Gasteiger partial charge in [0, 0.05) is 24.2 Å². The largest absolute Gasteiger partial charge is 0.394 e. The second-order valence-electron chi connectivity index (χ2n) is 12.1. The molecule has 5 atom stereocenters. The molecule has 2 saturated heterocycles. The number of anilines is 1. The van der Waals surface area contributed by atoms with Crippen LogP contribution in [0.15, 0.2) is 93.5 Å². The van der Waals surface area contributed by atoms with Gasteiger partial charge in [0.15, 0.2) is 12.0 Å². The Labute approximate surface area is 249 Å². The highest BCUT2D eigenvalue weighted by molar-refractivity contribution is 7.92. The van der Waals surface area contributed by atoms with Crippen LogP contribution in [-0.4, -0.2) is 59.9 Å². The van der Waals surface area contributed by atoms with Gasteiger partial charge in [0.1, 0.15) is 18.3 Å². The van der Waals surface area contributed by atoms with Crippen molar-refractivity contribution in [2.45, 2.75) is 74.4 Å². The van der Waals surface area contributed by atoms with Crippen LogP contribution in [0, 0.1) is 0 Å². The van der Waals surface area contributed by atoms with E-state index < -0.39 is 57.0 Å². The molecule has 1 N–H and O–H groups in total. The van der Waals surface area contributed by atoms with Crippen molar-refractivity contribution >= 4 is 15.7 Å². The molecule has 0 saturated carbocycles. The number of aromatic nitrogens is 2. The summed E-state index contributed by atoms with van der Waals surface area (Å²) in [6.45, 7) is 9.44. The van der Waals surface area contributed by atoms with E-state index in [0.717, 1.165) is 10.1 Å². The predicted octanol–water partition coefficient (Wildman–Crippen LogP) is 2.53. The standard InChI is InChI=1S/C31H35N3O8S/c1-20(16-31(4)19-34(23-13-9-8-12-22(23)31)43(38,39)21-10-6-5-7-11-21)17-33-25(36)14-15-32(29(33)37)28-27-26(24(18-35)40-28)41-30(2,3)42-27/h5-15,24,26-28,35H,1,16-19H2,2-4H3/t24-,26-,27-,28-,31?/m1/s1. The molecule has 3 aliphatic rings. The number of sulfonamides is 1. The Kier molecular flexibility index (Phi) is 7.25. The molecule has 0 radical (unpaired) electrons. The number of ether oxygens (including phenoxy) is 3. The molecular weight excluding hydrogens is 574 g/mol. The number of para-hydroxylation sites is 1. The lowest BCUT2D eigenvalue weighted by Crippen LogP contribution is -2.43. The molecule has 3 aliphatic heterocycles. The number of allylic oxidation sites excluding steroid dienone is 1. The Morgan fingerprint density at radius 3 is 2.40 bits per heavy atom. The summed E-state index contributed by atoms with van der Waals surface area (Å²) in [5, 5.41) is 9.84. The Bertz CT molecular complexity index is 1780. The lowest BCUT2D eigenvalue weighted by molar-refractivity contribution is -0.200. The molecule has 0 bridgehead atoms. The van der Waals surface area contributed by atoms with Crippen LogP contribution in [0.25, 0.3) is 0 Å². The summed E-state index contributed by atoms with van der Waals surface area (Å²) in [5.41, 5.74) is 0.223. The predicted molar refractivity (Wildman–Crippen MR) is 158 cm³/mol. The molecule has 0 aliphatic carbocycles. The van der Waals surface area contributed by atoms with Gasteiger partial charge in [-0.1, -0.05) is 55.5 Å². The highest BCUT2D eigenvalue weighted by atomic mass is 32.2. The molecule has 0 spiro atoms. The van der Waals surface area contributed by atoms with E-state index in [2.05, 4.69) is 6.58 Å². The Hall–Kier alpha value is -3.55. The third-order valence-corrected chi connectivity index (χ3v) is 10.1. The monoisotopic (exact) mass is 609 g/mol. The van der Waals surface area contributed by atoms with E-state index in [1.54, 1.807) is 56.3 Å². The number of hydrogen-bond acceptors (Lipinski definition) is 8. The van der Waals surface area contributed by atoms with Crippen molar-refractivity contribution in [2.75, 3.05) is 17.5 Å². The van der Waals surface area contributed by atoms with Crippen LogP contribution in [-0.2, 0) is 36.2 Å². The molecule has 2 aromatic carbocycles. The first kappa shape index (κ1) is 29.5. The van der Waals surface area contributed by atoms with Gasteiger partial charge in [-0.3, -0.25) is 18.2 Å². The maximum Gasteiger partial charge on any atom is 0.333 e. The van der Waals surface area contributed by atoms with Crippen molar-refractivity contribution in [3.8, 4) is 0 Å². The van der Waals surface area contributed by atoms with Crippen LogP contribution in [0.5, 0.6) is 0 Å². The summed E-state index contributed by atoms with van der Waals surface area (Å²) < 4.78 is 48.9. The Morgan fingerprint density at radius 2 is 1.67 bits per heavy atom. The van der Waals surface area contributed by atoms with Crippen molar-refractivity contribution in [2.24, 2.45) is 0 Å². The average Bonchev–Trinajstić information content (AvgIpc) is 3.58. The summed E-state index contributed by atoms with van der Waals surface area (Å²) in [5.74, 6) is -0.925. The van der Waals surface area contributed by atoms with E-state index in [-0.39, 0.29) is 24.6 Å². The molecule has 1 aromatic heterocycles. The van der Waals surface area contributed by atoms with Crippen LogP contribution in [0.2, 0.25) is 0 Å². The first-order valence-corrected chi connectivity index (χ1v) is 15.6. The van der Waals surface area contributed by atoms with Crippen molar-refractivity contribution in [3.63, 3.8) is 0 Å². The molecule has 228 valence electrons. The number of rotatable bonds is 8. The SMILES string of the molecule is C=C(Cn1c(=O)ccn([C@@H]2O[C@H](CO)[C@H]3OC(C)(C)O[C@H]32)c1=O)CC1(C)CN(S(=O)(=O)c2ccccc2)c2ccccc21. The molecule has 6 rings (SSSR count). The fourth-order valence-electron chi connectivity index (χ4n) is 6.51. The van der Waals surface area contributed by atoms with E-state index in [1.807, 2.05) is 19.1 Å². The average molecular weight is 610 g/mol. The zero-order valence-electron chi connectivity index (χ0n) is 24.3. The molecule has 43 heavy (non-hydrogen) atoms. The van der Waals surface area contributed by atoms with Gasteiger partial charge in [-0.15, -0.1) is 0 Å². The first-order chi connectivity index (χ1) is 20.3. The van der Waals surface area contributed by atoms with E-state index >= 15 is 0 Å². The first-order valence-electron chi connectivity index (χ1n) is 14.1. The topological polar surface area (TPSA) is 129 Å². The zero-order valence-corrected chi connectivity index (χ0v) is 25.1. The minimum atomic E-state index is -3.83. The number of hydrogen-bond donors (Lipinski definition) is 1. The second kappa shape index (κ2) is 10.6. The van der Waals surface area contributed by atoms with Crippen molar-refractivity contribution in [1.82, 2.24) is 9.13 Å². The van der Waals surface area contributed by atoms with Crippen molar-refractivity contribution < 1.29 is 27.7 Å². The van der Waals surface area contributed by atoms with Gasteiger partial charge in [-0.2, -0.15) is 0 Å². The molecule has 1 unspecified atom stereocenters. The van der Waals surface area contributed by atoms with Gasteiger partial charge in [-0.05, 0) is 44.0 Å². The van der Waals surface area contributed by atoms with E-state index in [4.69, 9.17) is 14.2 Å². The molecule has 0 amide bonds. The van der Waals surface area contributed by atoms with Gasteiger partial charge in [0.05, 0.1) is 23.7 Å². The van der Waals surface area contributed by atoms with Gasteiger partial charge in [0.2, 0.25) is 0 Å². The summed E-state index contributed by atoms with van der Waals surface area (Å²) >= 11 is 0. The third-order valence-electron chi connectivity index (χ3n) is 8.34. The Morgan fingerprint density at radius 1 is 1.00 bits per heavy atom. The highest BCUT2D eigenvalue weighted by Crippen LogP contribution is 2.46. The van der Waals surface area contributed by atoms with Crippen LogP contribution in [0.4, 0.5) is 5.69 Å². The minimum absolute atomic E-state index is 0.0746. The summed E-state index contributed by atoms with van der Waals surface area (Å²) in [4.78, 5) is 26.8. The molecule has 12 heteroatoms. The van der Waals surface area contributed by atoms with Gasteiger partial charge >= 0.3 is 5.69 Å². The quantitative estimate of drug-likeness (QED) is 0.386. The van der Waals surface area contributed by atoms with Gasteiger partial charge in [-0.25, -0.2) is 13.2 Å². The summed E-state index contributed by atoms with van der Waals surface area (Å²) in [7, 11) is -3.83. The van der Waals surface area contributed by atoms with Crippen LogP contribution < -0.4 is 15.6 Å². The van der Waals surface area contributed by atoms with Gasteiger partial charge < -0.3 is 19.3 Å². The zero-order chi connectivity index (χ0) is 30.7. The van der Waals surface area contributed by atoms with Crippen LogP contribution in [0.1, 0.15) is 39.0 Å². The number of fused-ring (bicyclic) bond motifs is 2. The lowest BCUT2D eigenvalue weighted by atomic mass is 9.79. The normalized spacial score (nSPS) is 27.7. The smallest absolute Gasteiger partial charge is 0.333 e. The number of aliphatic hydroxyl groups is 1. The number of nitrogens with zero attached hydrogens (tertiary/aromatic N) is 3. The molecule has 2 fully saturated rings. The molecule has 4 heterocycles. The lowest BCUT2D eigenvalue weighted by Gasteiger charge is -2.28. The summed E-state index contributed by atoms with van der Waals surface area (Å²) in [6, 6.07) is 16.9. The van der Waals surface area contributed by atoms with Crippen LogP contribution >= 0.6 is 0 Å². The number of aliphatic hydroxyl groups excluding tert-OH is 1. The maximum atomic E-state index is 13.7. The third kappa shape index (κ3) is 5.06. The minimum Gasteiger partial charge on any atom is -0.394 e. The van der Waals surface area contributed by atoms with E-state index in [1.165, 1.54) is 21.1 Å². The van der Waals surface area contributed by atoms with Crippen molar-refractivity contribution in [3.05, 3.63) is 105 Å². The van der Waals surface area contributed by atoms with Crippen LogP contribution in [0.3, 0.4) is 0 Å². The molecular formula is C31H35N3O8S.